The SMILES string of the molecule is CCNC(C)(C)c1nc(C2(OC)CCCCC2)no1. The van der Waals surface area contributed by atoms with Gasteiger partial charge in [0.1, 0.15) is 5.60 Å². The fraction of sp³-hybridized carbons (Fsp3) is 0.857. The molecule has 1 aliphatic carbocycles. The Kier molecular flexibility index (Phi) is 4.26. The number of aromatic nitrogens is 2. The predicted octanol–water partition coefficient (Wildman–Crippen LogP) is 2.72. The molecule has 1 aliphatic rings. The lowest BCUT2D eigenvalue weighted by molar-refractivity contribution is -0.0527. The van der Waals surface area contributed by atoms with Crippen LogP contribution in [-0.4, -0.2) is 23.8 Å². The van der Waals surface area contributed by atoms with Crippen LogP contribution < -0.4 is 5.32 Å². The largest absolute Gasteiger partial charge is 0.370 e. The molecule has 0 spiro atoms. The van der Waals surface area contributed by atoms with Gasteiger partial charge in [0.25, 0.3) is 0 Å². The van der Waals surface area contributed by atoms with Crippen LogP contribution in [0.4, 0.5) is 0 Å². The second kappa shape index (κ2) is 5.59. The summed E-state index contributed by atoms with van der Waals surface area (Å²) in [5.74, 6) is 1.34. The van der Waals surface area contributed by atoms with Crippen molar-refractivity contribution < 1.29 is 9.26 Å². The van der Waals surface area contributed by atoms with Gasteiger partial charge in [0.05, 0.1) is 5.54 Å². The van der Waals surface area contributed by atoms with Crippen molar-refractivity contribution >= 4 is 0 Å². The van der Waals surface area contributed by atoms with Crippen LogP contribution in [0.2, 0.25) is 0 Å². The Morgan fingerprint density at radius 3 is 2.58 bits per heavy atom. The standard InChI is InChI=1S/C14H25N3O2/c1-5-15-13(2,3)12-16-11(17-19-12)14(18-4)9-7-6-8-10-14/h15H,5-10H2,1-4H3. The molecule has 1 fully saturated rings. The van der Waals surface area contributed by atoms with Gasteiger partial charge in [-0.05, 0) is 33.2 Å². The van der Waals surface area contributed by atoms with Gasteiger partial charge in [-0.15, -0.1) is 0 Å². The molecule has 0 bridgehead atoms. The van der Waals surface area contributed by atoms with E-state index in [4.69, 9.17) is 9.26 Å². The Balaban J connectivity index is 2.24. The van der Waals surface area contributed by atoms with Crippen molar-refractivity contribution in [3.8, 4) is 0 Å². The van der Waals surface area contributed by atoms with Gasteiger partial charge < -0.3 is 14.6 Å². The lowest BCUT2D eigenvalue weighted by atomic mass is 9.84. The molecule has 19 heavy (non-hydrogen) atoms. The summed E-state index contributed by atoms with van der Waals surface area (Å²) >= 11 is 0. The monoisotopic (exact) mass is 267 g/mol. The Bertz CT molecular complexity index is 409. The fourth-order valence-electron chi connectivity index (χ4n) is 2.82. The minimum absolute atomic E-state index is 0.302. The van der Waals surface area contributed by atoms with E-state index in [0.29, 0.717) is 11.7 Å². The van der Waals surface area contributed by atoms with Gasteiger partial charge in [0.15, 0.2) is 0 Å². The van der Waals surface area contributed by atoms with Gasteiger partial charge in [-0.3, -0.25) is 0 Å². The van der Waals surface area contributed by atoms with E-state index in [1.165, 1.54) is 6.42 Å². The first-order chi connectivity index (χ1) is 9.04. The molecule has 1 N–H and O–H groups in total. The van der Waals surface area contributed by atoms with Gasteiger partial charge in [0, 0.05) is 7.11 Å². The summed E-state index contributed by atoms with van der Waals surface area (Å²) in [6.45, 7) is 7.03. The molecule has 0 unspecified atom stereocenters. The zero-order chi connectivity index (χ0) is 13.9. The summed E-state index contributed by atoms with van der Waals surface area (Å²) in [5, 5.41) is 7.53. The van der Waals surface area contributed by atoms with E-state index in [1.54, 1.807) is 7.11 Å². The molecule has 108 valence electrons. The Labute approximate surface area is 115 Å². The number of nitrogens with zero attached hydrogens (tertiary/aromatic N) is 2. The molecule has 0 radical (unpaired) electrons. The van der Waals surface area contributed by atoms with E-state index in [-0.39, 0.29) is 11.1 Å². The van der Waals surface area contributed by atoms with E-state index in [0.717, 1.165) is 32.2 Å². The summed E-state index contributed by atoms with van der Waals surface area (Å²) in [6.07, 6.45) is 5.54. The average molecular weight is 267 g/mol. The van der Waals surface area contributed by atoms with E-state index in [1.807, 2.05) is 13.8 Å². The molecule has 2 rings (SSSR count). The van der Waals surface area contributed by atoms with E-state index in [9.17, 15) is 0 Å². The number of nitrogens with one attached hydrogen (secondary N) is 1. The minimum Gasteiger partial charge on any atom is -0.370 e. The third kappa shape index (κ3) is 2.82. The van der Waals surface area contributed by atoms with Crippen molar-refractivity contribution in [1.29, 1.82) is 0 Å². The van der Waals surface area contributed by atoms with E-state index < -0.39 is 0 Å². The molecule has 0 aromatic carbocycles. The van der Waals surface area contributed by atoms with Gasteiger partial charge in [-0.1, -0.05) is 31.3 Å². The molecule has 5 nitrogen and oxygen atoms in total. The maximum absolute atomic E-state index is 5.75. The third-order valence-corrected chi connectivity index (χ3v) is 4.04. The molecule has 1 saturated carbocycles. The molecule has 1 aromatic heterocycles. The summed E-state index contributed by atoms with van der Waals surface area (Å²) in [7, 11) is 1.75. The van der Waals surface area contributed by atoms with Crippen molar-refractivity contribution in [2.75, 3.05) is 13.7 Å². The number of hydrogen-bond acceptors (Lipinski definition) is 5. The van der Waals surface area contributed by atoms with Crippen LogP contribution in [0.25, 0.3) is 0 Å². The third-order valence-electron chi connectivity index (χ3n) is 4.04. The molecule has 0 amide bonds. The minimum atomic E-state index is -0.345. The summed E-state index contributed by atoms with van der Waals surface area (Å²) in [6, 6.07) is 0. The van der Waals surface area contributed by atoms with Crippen molar-refractivity contribution in [3.05, 3.63) is 11.7 Å². The van der Waals surface area contributed by atoms with Gasteiger partial charge in [-0.25, -0.2) is 0 Å². The van der Waals surface area contributed by atoms with Crippen molar-refractivity contribution in [3.63, 3.8) is 0 Å². The average Bonchev–Trinajstić information content (AvgIpc) is 2.90. The summed E-state index contributed by atoms with van der Waals surface area (Å²) in [5.41, 5.74) is -0.647. The number of ether oxygens (including phenoxy) is 1. The Morgan fingerprint density at radius 2 is 2.00 bits per heavy atom. The summed E-state index contributed by atoms with van der Waals surface area (Å²) < 4.78 is 11.2. The number of rotatable bonds is 5. The highest BCUT2D eigenvalue weighted by Crippen LogP contribution is 2.39. The van der Waals surface area contributed by atoms with Crippen molar-refractivity contribution in [2.24, 2.45) is 0 Å². The molecule has 5 heteroatoms. The first-order valence-corrected chi connectivity index (χ1v) is 7.19. The molecule has 1 heterocycles. The van der Waals surface area contributed by atoms with Gasteiger partial charge >= 0.3 is 0 Å². The van der Waals surface area contributed by atoms with Crippen LogP contribution in [0.5, 0.6) is 0 Å². The first kappa shape index (κ1) is 14.5. The molecule has 1 aromatic rings. The lowest BCUT2D eigenvalue weighted by Crippen LogP contribution is -2.37. The molecule has 0 aliphatic heterocycles. The fourth-order valence-corrected chi connectivity index (χ4v) is 2.82. The van der Waals surface area contributed by atoms with Crippen LogP contribution in [-0.2, 0) is 15.9 Å². The molecular weight excluding hydrogens is 242 g/mol. The second-order valence-corrected chi connectivity index (χ2v) is 5.84. The smallest absolute Gasteiger partial charge is 0.246 e. The van der Waals surface area contributed by atoms with Gasteiger partial charge in [0.2, 0.25) is 11.7 Å². The molecule has 0 saturated heterocycles. The molecule has 0 atom stereocenters. The zero-order valence-corrected chi connectivity index (χ0v) is 12.5. The first-order valence-electron chi connectivity index (χ1n) is 7.19. The van der Waals surface area contributed by atoms with E-state index in [2.05, 4.69) is 22.4 Å². The number of hydrogen-bond donors (Lipinski definition) is 1. The van der Waals surface area contributed by atoms with Crippen molar-refractivity contribution in [2.45, 2.75) is 64.0 Å². The normalized spacial score (nSPS) is 19.6. The Hall–Kier alpha value is -0.940. The second-order valence-electron chi connectivity index (χ2n) is 5.84. The maximum atomic E-state index is 5.75. The lowest BCUT2D eigenvalue weighted by Gasteiger charge is -2.32. The number of methoxy groups -OCH3 is 1. The highest BCUT2D eigenvalue weighted by Gasteiger charge is 2.40. The van der Waals surface area contributed by atoms with Crippen LogP contribution >= 0.6 is 0 Å². The van der Waals surface area contributed by atoms with Crippen molar-refractivity contribution in [1.82, 2.24) is 15.5 Å². The van der Waals surface area contributed by atoms with Gasteiger partial charge in [-0.2, -0.15) is 4.98 Å². The summed E-state index contributed by atoms with van der Waals surface area (Å²) in [4.78, 5) is 4.60. The van der Waals surface area contributed by atoms with Crippen LogP contribution in [0.15, 0.2) is 4.52 Å². The Morgan fingerprint density at radius 1 is 1.32 bits per heavy atom. The highest BCUT2D eigenvalue weighted by atomic mass is 16.5. The van der Waals surface area contributed by atoms with Crippen LogP contribution in [0.1, 0.15) is 64.6 Å². The quantitative estimate of drug-likeness (QED) is 0.888. The van der Waals surface area contributed by atoms with E-state index >= 15 is 0 Å². The van der Waals surface area contributed by atoms with Crippen LogP contribution in [0.3, 0.4) is 0 Å². The topological polar surface area (TPSA) is 60.2 Å². The predicted molar refractivity (Wildman–Crippen MR) is 72.8 cm³/mol. The molecular formula is C14H25N3O2. The van der Waals surface area contributed by atoms with Crippen LogP contribution in [0, 0.1) is 0 Å². The zero-order valence-electron chi connectivity index (χ0n) is 12.5. The maximum Gasteiger partial charge on any atom is 0.246 e. The highest BCUT2D eigenvalue weighted by molar-refractivity contribution is 5.07.